The number of fused-ring (bicyclic) bond motifs is 1. The second-order valence-corrected chi connectivity index (χ2v) is 3.78. The van der Waals surface area contributed by atoms with E-state index in [1.54, 1.807) is 30.3 Å². The van der Waals surface area contributed by atoms with E-state index in [2.05, 4.69) is 0 Å². The highest BCUT2D eigenvalue weighted by atomic mass is 16.4. The normalized spacial score (nSPS) is 11.7. The van der Waals surface area contributed by atoms with Crippen molar-refractivity contribution in [3.63, 3.8) is 0 Å². The Labute approximate surface area is 103 Å². The van der Waals surface area contributed by atoms with E-state index in [1.807, 2.05) is 18.2 Å². The fourth-order valence-electron chi connectivity index (χ4n) is 1.89. The van der Waals surface area contributed by atoms with Gasteiger partial charge in [0, 0.05) is 0 Å². The number of carboxylic acid groups (broad SMARTS) is 1. The highest BCUT2D eigenvalue weighted by Gasteiger charge is 2.22. The molecular weight excluding hydrogens is 230 g/mol. The highest BCUT2D eigenvalue weighted by molar-refractivity contribution is 6.35. The van der Waals surface area contributed by atoms with Crippen LogP contribution in [-0.4, -0.2) is 11.8 Å². The second-order valence-electron chi connectivity index (χ2n) is 3.78. The summed E-state index contributed by atoms with van der Waals surface area (Å²) < 4.78 is 0. The lowest BCUT2D eigenvalue weighted by molar-refractivity contribution is -0.300. The zero-order valence-electron chi connectivity index (χ0n) is 9.29. The van der Waals surface area contributed by atoms with Gasteiger partial charge in [0.1, 0.15) is 11.9 Å². The molecule has 0 fully saturated rings. The van der Waals surface area contributed by atoms with Crippen LogP contribution >= 0.6 is 0 Å². The molecule has 88 valence electrons. The molecule has 2 aromatic rings. The zero-order valence-corrected chi connectivity index (χ0v) is 9.29. The summed E-state index contributed by atoms with van der Waals surface area (Å²) in [6.45, 7) is 0. The second kappa shape index (κ2) is 4.68. The van der Waals surface area contributed by atoms with Crippen molar-refractivity contribution in [1.82, 2.24) is 0 Å². The van der Waals surface area contributed by atoms with E-state index in [0.717, 1.165) is 5.39 Å². The monoisotopic (exact) mass is 238 g/mol. The minimum Gasteiger partial charge on any atom is -0.542 e. The average molecular weight is 238 g/mol. The Balaban J connectivity index is 2.63. The number of carbonyl (C=O) groups is 2. The molecule has 0 N–H and O–H groups in total. The van der Waals surface area contributed by atoms with Crippen molar-refractivity contribution in [3.8, 4) is 6.07 Å². The SMILES string of the molecule is N#CC(C(=O)C(=O)[O-])c1cccc2ccccc12. The number of aliphatic carboxylic acids is 1. The first-order chi connectivity index (χ1) is 8.65. The lowest BCUT2D eigenvalue weighted by atomic mass is 9.91. The number of nitrogens with zero attached hydrogens (tertiary/aromatic N) is 1. The van der Waals surface area contributed by atoms with Crippen LogP contribution in [0.4, 0.5) is 0 Å². The topological polar surface area (TPSA) is 81.0 Å². The molecule has 1 unspecified atom stereocenters. The molecule has 1 atom stereocenters. The molecule has 18 heavy (non-hydrogen) atoms. The first-order valence-electron chi connectivity index (χ1n) is 5.27. The van der Waals surface area contributed by atoms with Gasteiger partial charge in [0.05, 0.1) is 6.07 Å². The van der Waals surface area contributed by atoms with Crippen molar-refractivity contribution >= 4 is 22.5 Å². The molecule has 0 aliphatic heterocycles. The van der Waals surface area contributed by atoms with E-state index >= 15 is 0 Å². The number of ketones is 1. The van der Waals surface area contributed by atoms with Gasteiger partial charge in [-0.2, -0.15) is 5.26 Å². The number of carbonyl (C=O) groups excluding carboxylic acids is 2. The van der Waals surface area contributed by atoms with Crippen molar-refractivity contribution in [2.45, 2.75) is 5.92 Å². The molecule has 0 heterocycles. The quantitative estimate of drug-likeness (QED) is 0.739. The molecular formula is C14H8NO3-. The Morgan fingerprint density at radius 1 is 1.11 bits per heavy atom. The maximum atomic E-state index is 11.4. The van der Waals surface area contributed by atoms with E-state index in [4.69, 9.17) is 5.26 Å². The Kier molecular flexibility index (Phi) is 3.07. The molecule has 0 saturated heterocycles. The highest BCUT2D eigenvalue weighted by Crippen LogP contribution is 2.25. The maximum absolute atomic E-state index is 11.4. The summed E-state index contributed by atoms with van der Waals surface area (Å²) in [5.41, 5.74) is 0.393. The van der Waals surface area contributed by atoms with E-state index < -0.39 is 17.7 Å². The Morgan fingerprint density at radius 2 is 1.78 bits per heavy atom. The molecule has 0 saturated carbocycles. The van der Waals surface area contributed by atoms with E-state index in [0.29, 0.717) is 10.9 Å². The minimum atomic E-state index is -1.84. The predicted molar refractivity (Wildman–Crippen MR) is 62.3 cm³/mol. The van der Waals surface area contributed by atoms with E-state index in [9.17, 15) is 14.7 Å². The Bertz CT molecular complexity index is 665. The molecule has 4 nitrogen and oxygen atoms in total. The van der Waals surface area contributed by atoms with Crippen LogP contribution in [0.2, 0.25) is 0 Å². The van der Waals surface area contributed by atoms with Crippen molar-refractivity contribution in [1.29, 1.82) is 5.26 Å². The number of benzene rings is 2. The number of carboxylic acids is 1. The summed E-state index contributed by atoms with van der Waals surface area (Å²) in [6, 6.07) is 14.0. The number of rotatable bonds is 3. The molecule has 0 amide bonds. The van der Waals surface area contributed by atoms with Gasteiger partial charge in [-0.3, -0.25) is 4.79 Å². The van der Waals surface area contributed by atoms with Gasteiger partial charge in [-0.1, -0.05) is 42.5 Å². The van der Waals surface area contributed by atoms with E-state index in [-0.39, 0.29) is 0 Å². The average Bonchev–Trinajstić information content (AvgIpc) is 2.39. The molecule has 0 aromatic heterocycles. The molecule has 0 aliphatic rings. The summed E-state index contributed by atoms with van der Waals surface area (Å²) in [5, 5.41) is 21.1. The van der Waals surface area contributed by atoms with Gasteiger partial charge >= 0.3 is 0 Å². The van der Waals surface area contributed by atoms with Crippen LogP contribution in [-0.2, 0) is 9.59 Å². The fraction of sp³-hybridized carbons (Fsp3) is 0.0714. The van der Waals surface area contributed by atoms with Gasteiger partial charge in [0.15, 0.2) is 5.78 Å². The van der Waals surface area contributed by atoms with Crippen LogP contribution < -0.4 is 5.11 Å². The van der Waals surface area contributed by atoms with Crippen molar-refractivity contribution in [2.24, 2.45) is 0 Å². The van der Waals surface area contributed by atoms with Gasteiger partial charge in [0.25, 0.3) is 0 Å². The third-order valence-corrected chi connectivity index (χ3v) is 2.73. The molecule has 0 bridgehead atoms. The fourth-order valence-corrected chi connectivity index (χ4v) is 1.89. The van der Waals surface area contributed by atoms with Crippen LogP contribution in [0, 0.1) is 11.3 Å². The van der Waals surface area contributed by atoms with Crippen LogP contribution in [0.3, 0.4) is 0 Å². The van der Waals surface area contributed by atoms with Crippen molar-refractivity contribution in [3.05, 3.63) is 48.0 Å². The third kappa shape index (κ3) is 1.94. The maximum Gasteiger partial charge on any atom is 0.199 e. The molecule has 0 radical (unpaired) electrons. The van der Waals surface area contributed by atoms with Gasteiger partial charge < -0.3 is 9.90 Å². The van der Waals surface area contributed by atoms with Crippen LogP contribution in [0.15, 0.2) is 42.5 Å². The molecule has 0 aliphatic carbocycles. The van der Waals surface area contributed by atoms with Crippen molar-refractivity contribution in [2.75, 3.05) is 0 Å². The lowest BCUT2D eigenvalue weighted by Crippen LogP contribution is -2.35. The number of Topliss-reactive ketones (excluding diaryl/α,β-unsaturated/α-hetero) is 1. The zero-order chi connectivity index (χ0) is 13.1. The summed E-state index contributed by atoms with van der Waals surface area (Å²) in [5.74, 6) is -4.38. The smallest absolute Gasteiger partial charge is 0.199 e. The first kappa shape index (κ1) is 11.8. The van der Waals surface area contributed by atoms with E-state index in [1.165, 1.54) is 0 Å². The van der Waals surface area contributed by atoms with Gasteiger partial charge in [-0.15, -0.1) is 0 Å². The Morgan fingerprint density at radius 3 is 2.44 bits per heavy atom. The Hall–Kier alpha value is -2.67. The van der Waals surface area contributed by atoms with Gasteiger partial charge in [-0.25, -0.2) is 0 Å². The third-order valence-electron chi connectivity index (χ3n) is 2.73. The summed E-state index contributed by atoms with van der Waals surface area (Å²) in [7, 11) is 0. The van der Waals surface area contributed by atoms with Gasteiger partial charge in [-0.05, 0) is 16.3 Å². The first-order valence-corrected chi connectivity index (χ1v) is 5.27. The standard InChI is InChI=1S/C14H9NO3/c15-8-12(13(16)14(17)18)11-7-3-5-9-4-1-2-6-10(9)11/h1-7,12H,(H,17,18)/p-1. The molecule has 2 rings (SSSR count). The van der Waals surface area contributed by atoms with Crippen LogP contribution in [0.1, 0.15) is 11.5 Å². The van der Waals surface area contributed by atoms with Crippen LogP contribution in [0.25, 0.3) is 10.8 Å². The van der Waals surface area contributed by atoms with Gasteiger partial charge in [0.2, 0.25) is 0 Å². The largest absolute Gasteiger partial charge is 0.542 e. The lowest BCUT2D eigenvalue weighted by Gasteiger charge is -2.11. The minimum absolute atomic E-state index is 0.393. The number of nitriles is 1. The predicted octanol–water partition coefficient (Wildman–Crippen LogP) is 0.766. The summed E-state index contributed by atoms with van der Waals surface area (Å²) in [6.07, 6.45) is 0. The molecule has 0 spiro atoms. The molecule has 4 heteroatoms. The van der Waals surface area contributed by atoms with Crippen LogP contribution in [0.5, 0.6) is 0 Å². The summed E-state index contributed by atoms with van der Waals surface area (Å²) in [4.78, 5) is 22.0. The number of hydrogen-bond donors (Lipinski definition) is 0. The summed E-state index contributed by atoms with van der Waals surface area (Å²) >= 11 is 0. The van der Waals surface area contributed by atoms with Crippen molar-refractivity contribution < 1.29 is 14.7 Å². The number of hydrogen-bond acceptors (Lipinski definition) is 4. The molecule has 2 aromatic carbocycles.